The summed E-state index contributed by atoms with van der Waals surface area (Å²) in [4.78, 5) is 4.51. The van der Waals surface area contributed by atoms with Crippen molar-refractivity contribution >= 4 is 15.8 Å². The number of ether oxygens (including phenoxy) is 1. The summed E-state index contributed by atoms with van der Waals surface area (Å²) < 4.78 is 28.4. The quantitative estimate of drug-likeness (QED) is 0.558. The Hall–Kier alpha value is -0.820. The molecule has 134 valence electrons. The van der Waals surface area contributed by atoms with Gasteiger partial charge in [-0.25, -0.2) is 8.42 Å². The standard InChI is InChI=1S/C16H31N3O3S/c1-6-17-15(18-11(2)8-10-23(5,20)21)19-13-12-7-9-22-14(12)16(13,3)4/h11-14H,6-10H2,1-5H3,(H2,17,18,19). The first-order chi connectivity index (χ1) is 10.6. The minimum Gasteiger partial charge on any atom is -0.377 e. The molecule has 0 aromatic heterocycles. The fourth-order valence-corrected chi connectivity index (χ4v) is 4.53. The predicted molar refractivity (Wildman–Crippen MR) is 93.5 cm³/mol. The second kappa shape index (κ2) is 6.97. The molecule has 1 aliphatic carbocycles. The van der Waals surface area contributed by atoms with Crippen LogP contribution in [-0.2, 0) is 14.6 Å². The van der Waals surface area contributed by atoms with E-state index in [2.05, 4.69) is 29.5 Å². The van der Waals surface area contributed by atoms with Crippen molar-refractivity contribution in [1.29, 1.82) is 0 Å². The summed E-state index contributed by atoms with van der Waals surface area (Å²) in [5, 5.41) is 6.89. The summed E-state index contributed by atoms with van der Waals surface area (Å²) in [6, 6.07) is 0.399. The number of fused-ring (bicyclic) bond motifs is 1. The van der Waals surface area contributed by atoms with Crippen LogP contribution in [-0.4, -0.2) is 57.7 Å². The zero-order chi connectivity index (χ0) is 17.3. The normalized spacial score (nSPS) is 31.2. The lowest BCUT2D eigenvalue weighted by Crippen LogP contribution is -2.68. The Bertz CT molecular complexity index is 545. The highest BCUT2D eigenvalue weighted by Crippen LogP contribution is 2.52. The van der Waals surface area contributed by atoms with E-state index in [4.69, 9.17) is 4.74 Å². The largest absolute Gasteiger partial charge is 0.377 e. The van der Waals surface area contributed by atoms with Crippen molar-refractivity contribution in [3.63, 3.8) is 0 Å². The molecule has 2 fully saturated rings. The molecule has 23 heavy (non-hydrogen) atoms. The van der Waals surface area contributed by atoms with Gasteiger partial charge in [0.25, 0.3) is 0 Å². The maximum atomic E-state index is 11.3. The van der Waals surface area contributed by atoms with Crippen molar-refractivity contribution in [3.05, 3.63) is 0 Å². The number of sulfone groups is 1. The van der Waals surface area contributed by atoms with Crippen LogP contribution in [0.5, 0.6) is 0 Å². The first-order valence-corrected chi connectivity index (χ1v) is 10.6. The first kappa shape index (κ1) is 18.5. The predicted octanol–water partition coefficient (Wildman–Crippen LogP) is 1.18. The van der Waals surface area contributed by atoms with Crippen LogP contribution < -0.4 is 10.6 Å². The molecule has 0 bridgehead atoms. The van der Waals surface area contributed by atoms with E-state index >= 15 is 0 Å². The molecule has 6 nitrogen and oxygen atoms in total. The molecular formula is C16H31N3O3S. The number of nitrogens with zero attached hydrogens (tertiary/aromatic N) is 1. The van der Waals surface area contributed by atoms with Gasteiger partial charge in [-0.3, -0.25) is 4.99 Å². The lowest BCUT2D eigenvalue weighted by Gasteiger charge is -2.55. The van der Waals surface area contributed by atoms with E-state index in [0.29, 0.717) is 31.0 Å². The molecule has 2 rings (SSSR count). The summed E-state index contributed by atoms with van der Waals surface area (Å²) in [5.41, 5.74) is 0.0906. The second-order valence-electron chi connectivity index (χ2n) is 7.47. The minimum absolute atomic E-state index is 0.0568. The zero-order valence-electron chi connectivity index (χ0n) is 14.9. The molecule has 1 saturated heterocycles. The van der Waals surface area contributed by atoms with Crippen molar-refractivity contribution in [2.24, 2.45) is 16.3 Å². The molecular weight excluding hydrogens is 314 g/mol. The van der Waals surface area contributed by atoms with Gasteiger partial charge in [0, 0.05) is 42.8 Å². The van der Waals surface area contributed by atoms with Crippen molar-refractivity contribution < 1.29 is 13.2 Å². The van der Waals surface area contributed by atoms with E-state index in [1.165, 1.54) is 6.26 Å². The van der Waals surface area contributed by atoms with Gasteiger partial charge in [0.15, 0.2) is 5.96 Å². The lowest BCUT2D eigenvalue weighted by molar-refractivity contribution is -0.106. The van der Waals surface area contributed by atoms with Crippen LogP contribution in [0.4, 0.5) is 0 Å². The summed E-state index contributed by atoms with van der Waals surface area (Å²) in [6.07, 6.45) is 3.28. The molecule has 0 aromatic rings. The molecule has 0 radical (unpaired) electrons. The van der Waals surface area contributed by atoms with Gasteiger partial charge in [0.1, 0.15) is 9.84 Å². The summed E-state index contributed by atoms with van der Waals surface area (Å²) in [5.74, 6) is 1.51. The van der Waals surface area contributed by atoms with Gasteiger partial charge in [0.2, 0.25) is 0 Å². The van der Waals surface area contributed by atoms with Crippen LogP contribution in [0.25, 0.3) is 0 Å². The van der Waals surface area contributed by atoms with E-state index in [-0.39, 0.29) is 17.2 Å². The van der Waals surface area contributed by atoms with Gasteiger partial charge in [-0.15, -0.1) is 0 Å². The Labute approximate surface area is 140 Å². The molecule has 0 spiro atoms. The molecule has 0 amide bonds. The van der Waals surface area contributed by atoms with E-state index in [0.717, 1.165) is 19.0 Å². The molecule has 4 unspecified atom stereocenters. The number of aliphatic imine (C=N–C) groups is 1. The fourth-order valence-electron chi connectivity index (χ4n) is 3.75. The lowest BCUT2D eigenvalue weighted by atomic mass is 9.57. The maximum absolute atomic E-state index is 11.3. The van der Waals surface area contributed by atoms with E-state index in [9.17, 15) is 8.42 Å². The maximum Gasteiger partial charge on any atom is 0.191 e. The topological polar surface area (TPSA) is 79.8 Å². The molecule has 2 N–H and O–H groups in total. The van der Waals surface area contributed by atoms with Gasteiger partial charge in [0.05, 0.1) is 11.9 Å². The third-order valence-corrected chi connectivity index (χ3v) is 5.99. The molecule has 1 saturated carbocycles. The van der Waals surface area contributed by atoms with Crippen molar-refractivity contribution in [2.75, 3.05) is 25.2 Å². The van der Waals surface area contributed by atoms with Crippen LogP contribution in [0.3, 0.4) is 0 Å². The highest BCUT2D eigenvalue weighted by atomic mass is 32.2. The molecule has 4 atom stereocenters. The summed E-state index contributed by atoms with van der Waals surface area (Å²) in [6.45, 7) is 9.98. The molecule has 7 heteroatoms. The SMILES string of the molecule is CCN=C(NC(C)CCS(C)(=O)=O)NC1C2CCOC2C1(C)C. The van der Waals surface area contributed by atoms with Crippen LogP contribution >= 0.6 is 0 Å². The number of guanidine groups is 1. The van der Waals surface area contributed by atoms with Gasteiger partial charge in [-0.2, -0.15) is 0 Å². The summed E-state index contributed by atoms with van der Waals surface area (Å²) in [7, 11) is -2.93. The highest BCUT2D eigenvalue weighted by Gasteiger charge is 2.59. The van der Waals surface area contributed by atoms with Crippen molar-refractivity contribution in [1.82, 2.24) is 10.6 Å². The van der Waals surface area contributed by atoms with Crippen molar-refractivity contribution in [3.8, 4) is 0 Å². The Kier molecular flexibility index (Phi) is 5.61. The molecule has 1 aliphatic heterocycles. The molecule has 0 aromatic carbocycles. The monoisotopic (exact) mass is 345 g/mol. The third-order valence-electron chi connectivity index (χ3n) is 5.01. The molecule has 1 heterocycles. The van der Waals surface area contributed by atoms with E-state index < -0.39 is 9.84 Å². The van der Waals surface area contributed by atoms with Crippen molar-refractivity contribution in [2.45, 2.75) is 58.7 Å². The first-order valence-electron chi connectivity index (χ1n) is 8.52. The number of rotatable bonds is 6. The zero-order valence-corrected chi connectivity index (χ0v) is 15.7. The van der Waals surface area contributed by atoms with Gasteiger partial charge in [-0.1, -0.05) is 13.8 Å². The number of nitrogens with one attached hydrogen (secondary N) is 2. The van der Waals surface area contributed by atoms with E-state index in [1.54, 1.807) is 0 Å². The Morgan fingerprint density at radius 2 is 2.13 bits per heavy atom. The highest BCUT2D eigenvalue weighted by molar-refractivity contribution is 7.90. The number of hydrogen-bond donors (Lipinski definition) is 2. The van der Waals surface area contributed by atoms with Crippen LogP contribution in [0.1, 0.15) is 40.5 Å². The Morgan fingerprint density at radius 1 is 1.43 bits per heavy atom. The van der Waals surface area contributed by atoms with Gasteiger partial charge >= 0.3 is 0 Å². The third kappa shape index (κ3) is 4.38. The minimum atomic E-state index is -2.93. The van der Waals surface area contributed by atoms with Crippen LogP contribution in [0.2, 0.25) is 0 Å². The fraction of sp³-hybridized carbons (Fsp3) is 0.938. The van der Waals surface area contributed by atoms with E-state index in [1.807, 2.05) is 13.8 Å². The Morgan fingerprint density at radius 3 is 2.74 bits per heavy atom. The number of hydrogen-bond acceptors (Lipinski definition) is 4. The average Bonchev–Trinajstić information content (AvgIpc) is 2.89. The van der Waals surface area contributed by atoms with Gasteiger partial charge in [-0.05, 0) is 26.7 Å². The average molecular weight is 346 g/mol. The summed E-state index contributed by atoms with van der Waals surface area (Å²) >= 11 is 0. The van der Waals surface area contributed by atoms with Gasteiger partial charge < -0.3 is 15.4 Å². The van der Waals surface area contributed by atoms with Crippen LogP contribution in [0, 0.1) is 11.3 Å². The molecule has 2 aliphatic rings. The Balaban J connectivity index is 1.93. The van der Waals surface area contributed by atoms with Crippen LogP contribution in [0.15, 0.2) is 4.99 Å². The second-order valence-corrected chi connectivity index (χ2v) is 9.73. The smallest absolute Gasteiger partial charge is 0.191 e.